The van der Waals surface area contributed by atoms with Crippen LogP contribution in [-0.2, 0) is 0 Å². The number of rotatable bonds is 2. The molecule has 1 unspecified atom stereocenters. The van der Waals surface area contributed by atoms with Crippen LogP contribution in [0, 0.1) is 16.7 Å². The molecule has 0 aromatic carbocycles. The highest BCUT2D eigenvalue weighted by atomic mass is 32.1. The van der Waals surface area contributed by atoms with E-state index >= 15 is 0 Å². The van der Waals surface area contributed by atoms with Crippen LogP contribution in [0.15, 0.2) is 22.3 Å². The van der Waals surface area contributed by atoms with Crippen LogP contribution >= 0.6 is 12.6 Å². The maximum atomic E-state index is 3.53. The Labute approximate surface area is 159 Å². The fourth-order valence-electron chi connectivity index (χ4n) is 3.80. The summed E-state index contributed by atoms with van der Waals surface area (Å²) in [4.78, 5) is 0. The predicted molar refractivity (Wildman–Crippen MR) is 116 cm³/mol. The summed E-state index contributed by atoms with van der Waals surface area (Å²) < 4.78 is 0. The minimum Gasteiger partial charge on any atom is -0.183 e. The largest absolute Gasteiger partial charge is 0.183 e. The molecule has 0 spiro atoms. The van der Waals surface area contributed by atoms with Crippen LogP contribution in [0.3, 0.4) is 0 Å². The van der Waals surface area contributed by atoms with Gasteiger partial charge in [-0.3, -0.25) is 0 Å². The second-order valence-corrected chi connectivity index (χ2v) is 9.62. The van der Waals surface area contributed by atoms with Crippen molar-refractivity contribution in [1.82, 2.24) is 0 Å². The second kappa shape index (κ2) is 10.1. The lowest BCUT2D eigenvalue weighted by Crippen LogP contribution is -2.12. The molecule has 0 radical (unpaired) electrons. The van der Waals surface area contributed by atoms with E-state index in [0.717, 1.165) is 5.92 Å². The predicted octanol–water partition coefficient (Wildman–Crippen LogP) is 8.25. The summed E-state index contributed by atoms with van der Waals surface area (Å²) in [6.07, 6.45) is 9.51. The number of hydrogen-bond donors (Lipinski definition) is 1. The average molecular weight is 353 g/mol. The molecule has 0 saturated carbocycles. The van der Waals surface area contributed by atoms with Gasteiger partial charge in [0.1, 0.15) is 0 Å². The summed E-state index contributed by atoms with van der Waals surface area (Å²) in [6.45, 7) is 21.0. The van der Waals surface area contributed by atoms with Crippen molar-refractivity contribution in [3.05, 3.63) is 22.3 Å². The molecule has 0 aliphatic heterocycles. The highest BCUT2D eigenvalue weighted by molar-refractivity contribution is 7.79. The first-order chi connectivity index (χ1) is 11.0. The number of thiol groups is 1. The lowest BCUT2D eigenvalue weighted by molar-refractivity contribution is 0.371. The van der Waals surface area contributed by atoms with Gasteiger partial charge in [-0.15, -0.1) is 0 Å². The van der Waals surface area contributed by atoms with Crippen molar-refractivity contribution in [2.45, 2.75) is 101 Å². The van der Waals surface area contributed by atoms with Crippen LogP contribution in [0.5, 0.6) is 0 Å². The van der Waals surface area contributed by atoms with Gasteiger partial charge in [0.15, 0.2) is 0 Å². The van der Waals surface area contributed by atoms with Gasteiger partial charge in [0, 0.05) is 0 Å². The van der Waals surface area contributed by atoms with Crippen molar-refractivity contribution >= 4 is 12.6 Å². The summed E-state index contributed by atoms with van der Waals surface area (Å²) >= 11 is 3.53. The Morgan fingerprint density at radius 3 is 2.04 bits per heavy atom. The molecule has 2 aliphatic rings. The molecular weight excluding hydrogens is 308 g/mol. The van der Waals surface area contributed by atoms with Crippen LogP contribution in [0.25, 0.3) is 0 Å². The van der Waals surface area contributed by atoms with Gasteiger partial charge in [-0.2, -0.15) is 12.6 Å². The van der Waals surface area contributed by atoms with Crippen molar-refractivity contribution < 1.29 is 0 Å². The van der Waals surface area contributed by atoms with Gasteiger partial charge in [0.05, 0.1) is 0 Å². The summed E-state index contributed by atoms with van der Waals surface area (Å²) in [6, 6.07) is 0. The van der Waals surface area contributed by atoms with Gasteiger partial charge in [-0.05, 0) is 73.2 Å². The van der Waals surface area contributed by atoms with Crippen molar-refractivity contribution in [2.75, 3.05) is 6.26 Å². The molecule has 142 valence electrons. The van der Waals surface area contributed by atoms with Gasteiger partial charge in [0.2, 0.25) is 0 Å². The molecule has 0 aromatic rings. The Kier molecular flexibility index (Phi) is 10.0. The topological polar surface area (TPSA) is 0 Å². The fourth-order valence-corrected chi connectivity index (χ4v) is 3.80. The van der Waals surface area contributed by atoms with Crippen LogP contribution in [0.2, 0.25) is 0 Å². The third-order valence-electron chi connectivity index (χ3n) is 5.02. The van der Waals surface area contributed by atoms with E-state index in [1.807, 2.05) is 0 Å². The van der Waals surface area contributed by atoms with Gasteiger partial charge in [-0.1, -0.05) is 73.0 Å². The maximum absolute atomic E-state index is 3.53. The Hall–Kier alpha value is -0.170. The first kappa shape index (κ1) is 23.8. The zero-order valence-electron chi connectivity index (χ0n) is 18.3. The van der Waals surface area contributed by atoms with Crippen LogP contribution in [0.1, 0.15) is 101 Å². The van der Waals surface area contributed by atoms with Crippen molar-refractivity contribution in [3.8, 4) is 0 Å². The molecule has 24 heavy (non-hydrogen) atoms. The van der Waals surface area contributed by atoms with Crippen LogP contribution in [0.4, 0.5) is 0 Å². The zero-order valence-corrected chi connectivity index (χ0v) is 19.2. The molecule has 1 heteroatoms. The Morgan fingerprint density at radius 1 is 1.08 bits per heavy atom. The summed E-state index contributed by atoms with van der Waals surface area (Å²) in [7, 11) is 0. The first-order valence-corrected chi connectivity index (χ1v) is 10.8. The third kappa shape index (κ3) is 7.38. The average Bonchev–Trinajstić information content (AvgIpc) is 2.80. The highest BCUT2D eigenvalue weighted by Gasteiger charge is 2.36. The molecule has 2 aliphatic carbocycles. The Balaban J connectivity index is 0.000000952. The summed E-state index contributed by atoms with van der Waals surface area (Å²) in [5.74, 6) is 0.787. The van der Waals surface area contributed by atoms with E-state index in [1.165, 1.54) is 38.5 Å². The van der Waals surface area contributed by atoms with Gasteiger partial charge in [0.25, 0.3) is 0 Å². The van der Waals surface area contributed by atoms with Gasteiger partial charge in [-0.25, -0.2) is 0 Å². The molecule has 0 amide bonds. The van der Waals surface area contributed by atoms with E-state index in [-0.39, 0.29) is 0 Å². The molecule has 0 nitrogen and oxygen atoms in total. The number of hydrogen-bond acceptors (Lipinski definition) is 1. The number of allylic oxidation sites excluding steroid dienone is 4. The Bertz CT molecular complexity index is 443. The molecule has 0 fully saturated rings. The minimum atomic E-state index is 0.458. The van der Waals surface area contributed by atoms with Crippen molar-refractivity contribution in [3.63, 3.8) is 0 Å². The monoisotopic (exact) mass is 352 g/mol. The van der Waals surface area contributed by atoms with Crippen LogP contribution < -0.4 is 0 Å². The lowest BCUT2D eigenvalue weighted by Gasteiger charge is -2.28. The quantitative estimate of drug-likeness (QED) is 0.475. The van der Waals surface area contributed by atoms with Crippen LogP contribution in [-0.4, -0.2) is 6.26 Å². The van der Waals surface area contributed by atoms with E-state index < -0.39 is 0 Å². The third-order valence-corrected chi connectivity index (χ3v) is 5.02. The first-order valence-electron chi connectivity index (χ1n) is 9.86. The zero-order chi connectivity index (χ0) is 19.1. The Morgan fingerprint density at radius 2 is 1.58 bits per heavy atom. The van der Waals surface area contributed by atoms with E-state index in [4.69, 9.17) is 0 Å². The highest BCUT2D eigenvalue weighted by Crippen LogP contribution is 2.51. The smallest absolute Gasteiger partial charge is 0.0188 e. The second-order valence-electron chi connectivity index (χ2n) is 9.62. The van der Waals surface area contributed by atoms with E-state index in [2.05, 4.69) is 74.9 Å². The summed E-state index contributed by atoms with van der Waals surface area (Å²) in [5.41, 5.74) is 7.87. The molecule has 0 saturated heterocycles. The maximum Gasteiger partial charge on any atom is -0.0188 e. The van der Waals surface area contributed by atoms with Gasteiger partial charge < -0.3 is 0 Å². The van der Waals surface area contributed by atoms with E-state index in [1.54, 1.807) is 28.5 Å². The molecule has 2 rings (SSSR count). The standard InChI is InChI=1S/C19H32.C3H8.CH4S/c1-13-10-15(8-9-18(3,4)5)14(2)17-12-19(6,7)11-16(13)17;1-3-2;1-2/h13H,8-12H2,1-7H3;3H2,1-2H3;2H,1H3. The molecule has 0 bridgehead atoms. The molecule has 0 N–H and O–H groups in total. The van der Waals surface area contributed by atoms with E-state index in [0.29, 0.717) is 10.8 Å². The molecule has 0 aromatic heterocycles. The molecule has 1 atom stereocenters. The SMILES string of the molecule is CC1=C(CCC(C)(C)C)CC(C)C2=C1CC(C)(C)C2.CCC.CS. The van der Waals surface area contributed by atoms with Gasteiger partial charge >= 0.3 is 0 Å². The minimum absolute atomic E-state index is 0.458. The van der Waals surface area contributed by atoms with Crippen molar-refractivity contribution in [1.29, 1.82) is 0 Å². The summed E-state index contributed by atoms with van der Waals surface area (Å²) in [5, 5.41) is 0. The lowest BCUT2D eigenvalue weighted by atomic mass is 9.78. The van der Waals surface area contributed by atoms with E-state index in [9.17, 15) is 0 Å². The molecular formula is C23H44S. The fraction of sp³-hybridized carbons (Fsp3) is 0.826. The molecule has 0 heterocycles. The normalized spacial score (nSPS) is 22.4. The van der Waals surface area contributed by atoms with Crippen molar-refractivity contribution in [2.24, 2.45) is 16.7 Å².